The summed E-state index contributed by atoms with van der Waals surface area (Å²) in [4.78, 5) is 26.5. The van der Waals surface area contributed by atoms with Gasteiger partial charge in [-0.25, -0.2) is 9.59 Å². The summed E-state index contributed by atoms with van der Waals surface area (Å²) in [5.74, 6) is -0.864. The molecule has 1 saturated carbocycles. The monoisotopic (exact) mass is 427 g/mol. The van der Waals surface area contributed by atoms with Crippen molar-refractivity contribution in [3.8, 4) is 16.9 Å². The van der Waals surface area contributed by atoms with Crippen LogP contribution >= 0.6 is 0 Å². The lowest BCUT2D eigenvalue weighted by Gasteiger charge is -2.35. The van der Waals surface area contributed by atoms with Gasteiger partial charge in [0.15, 0.2) is 5.75 Å². The molecular formula is C26H21NO5. The molecule has 1 fully saturated rings. The van der Waals surface area contributed by atoms with Crippen LogP contribution in [0.4, 0.5) is 10.5 Å². The standard InChI is InChI=1S/C26H21NO5/c28-24(29)20-10-5-11-22-23(20)32-26(12-13-26)15-27(22)25(30)31-14-21-18-8-3-1-6-16(18)17-7-2-4-9-19(17)21/h1-11,21H,12-15H2,(H,28,29). The number of benzene rings is 3. The number of nitrogens with zero attached hydrogens (tertiary/aromatic N) is 1. The highest BCUT2D eigenvalue weighted by Gasteiger charge is 2.52. The fraction of sp³-hybridized carbons (Fsp3) is 0.231. The van der Waals surface area contributed by atoms with Gasteiger partial charge in [0.05, 0.1) is 12.2 Å². The van der Waals surface area contributed by atoms with Crippen LogP contribution in [-0.2, 0) is 4.74 Å². The van der Waals surface area contributed by atoms with E-state index < -0.39 is 17.7 Å². The zero-order valence-electron chi connectivity index (χ0n) is 17.3. The molecule has 1 aliphatic heterocycles. The molecule has 0 aromatic heterocycles. The largest absolute Gasteiger partial charge is 0.482 e. The molecular weight excluding hydrogens is 406 g/mol. The Labute approximate surface area is 185 Å². The van der Waals surface area contributed by atoms with Crippen LogP contribution in [0.15, 0.2) is 66.7 Å². The van der Waals surface area contributed by atoms with E-state index in [0.717, 1.165) is 24.0 Å². The summed E-state index contributed by atoms with van der Waals surface area (Å²) in [5, 5.41) is 9.57. The topological polar surface area (TPSA) is 76.1 Å². The second-order valence-electron chi connectivity index (χ2n) is 8.63. The third-order valence-corrected chi connectivity index (χ3v) is 6.64. The van der Waals surface area contributed by atoms with Gasteiger partial charge in [-0.2, -0.15) is 0 Å². The van der Waals surface area contributed by atoms with Crippen molar-refractivity contribution < 1.29 is 24.2 Å². The molecule has 0 unspecified atom stereocenters. The first-order valence-electron chi connectivity index (χ1n) is 10.7. The zero-order chi connectivity index (χ0) is 21.9. The van der Waals surface area contributed by atoms with E-state index in [9.17, 15) is 14.7 Å². The van der Waals surface area contributed by atoms with Crippen LogP contribution in [0.5, 0.6) is 5.75 Å². The molecule has 1 spiro atoms. The molecule has 0 bridgehead atoms. The number of rotatable bonds is 3. The fourth-order valence-corrected chi connectivity index (χ4v) is 4.87. The summed E-state index contributed by atoms with van der Waals surface area (Å²) in [5.41, 5.74) is 4.63. The predicted molar refractivity (Wildman–Crippen MR) is 118 cm³/mol. The van der Waals surface area contributed by atoms with Gasteiger partial charge in [0.2, 0.25) is 0 Å². The van der Waals surface area contributed by atoms with Crippen LogP contribution in [0.3, 0.4) is 0 Å². The number of carboxylic acids is 1. The molecule has 3 aliphatic rings. The van der Waals surface area contributed by atoms with Crippen molar-refractivity contribution in [2.24, 2.45) is 0 Å². The average molecular weight is 427 g/mol. The Balaban J connectivity index is 1.29. The Morgan fingerprint density at radius 3 is 2.25 bits per heavy atom. The van der Waals surface area contributed by atoms with Crippen molar-refractivity contribution in [1.82, 2.24) is 0 Å². The minimum atomic E-state index is -1.08. The van der Waals surface area contributed by atoms with Crippen molar-refractivity contribution >= 4 is 17.7 Å². The summed E-state index contributed by atoms with van der Waals surface area (Å²) in [6.45, 7) is 0.574. The first-order valence-corrected chi connectivity index (χ1v) is 10.7. The van der Waals surface area contributed by atoms with E-state index >= 15 is 0 Å². The first-order chi connectivity index (χ1) is 15.6. The summed E-state index contributed by atoms with van der Waals surface area (Å²) >= 11 is 0. The van der Waals surface area contributed by atoms with Crippen molar-refractivity contribution in [1.29, 1.82) is 0 Å². The van der Waals surface area contributed by atoms with Gasteiger partial charge in [0.1, 0.15) is 17.8 Å². The number of hydrogen-bond donors (Lipinski definition) is 1. The zero-order valence-corrected chi connectivity index (χ0v) is 17.3. The Morgan fingerprint density at radius 2 is 1.62 bits per heavy atom. The van der Waals surface area contributed by atoms with Gasteiger partial charge in [0.25, 0.3) is 0 Å². The number of carbonyl (C=O) groups is 2. The van der Waals surface area contributed by atoms with E-state index in [2.05, 4.69) is 24.3 Å². The molecule has 3 aromatic rings. The lowest BCUT2D eigenvalue weighted by Crippen LogP contribution is -2.46. The van der Waals surface area contributed by atoms with Crippen LogP contribution < -0.4 is 9.64 Å². The summed E-state index contributed by atoms with van der Waals surface area (Å²) in [6, 6.07) is 21.2. The molecule has 6 nitrogen and oxygen atoms in total. The third-order valence-electron chi connectivity index (χ3n) is 6.64. The molecule has 1 N–H and O–H groups in total. The van der Waals surface area contributed by atoms with Gasteiger partial charge >= 0.3 is 12.1 Å². The predicted octanol–water partition coefficient (Wildman–Crippen LogP) is 5.07. The van der Waals surface area contributed by atoms with E-state index in [0.29, 0.717) is 12.2 Å². The second-order valence-corrected chi connectivity index (χ2v) is 8.63. The Kier molecular flexibility index (Phi) is 4.05. The summed E-state index contributed by atoms with van der Waals surface area (Å²) in [6.07, 6.45) is 1.09. The van der Waals surface area contributed by atoms with Crippen molar-refractivity contribution in [3.63, 3.8) is 0 Å². The number of carbonyl (C=O) groups excluding carboxylic acids is 1. The smallest absolute Gasteiger partial charge is 0.414 e. The van der Waals surface area contributed by atoms with Crippen molar-refractivity contribution in [2.45, 2.75) is 24.4 Å². The maximum absolute atomic E-state index is 13.2. The molecule has 2 aliphatic carbocycles. The van der Waals surface area contributed by atoms with E-state index in [1.165, 1.54) is 22.1 Å². The maximum atomic E-state index is 13.2. The molecule has 0 atom stereocenters. The van der Waals surface area contributed by atoms with Crippen molar-refractivity contribution in [3.05, 3.63) is 83.4 Å². The Hall–Kier alpha value is -3.80. The molecule has 1 heterocycles. The van der Waals surface area contributed by atoms with Crippen molar-refractivity contribution in [2.75, 3.05) is 18.1 Å². The minimum absolute atomic E-state index is 0.0351. The van der Waals surface area contributed by atoms with E-state index in [-0.39, 0.29) is 23.8 Å². The van der Waals surface area contributed by atoms with Gasteiger partial charge in [-0.3, -0.25) is 4.90 Å². The van der Waals surface area contributed by atoms with E-state index in [4.69, 9.17) is 9.47 Å². The quantitative estimate of drug-likeness (QED) is 0.632. The van der Waals surface area contributed by atoms with E-state index in [1.54, 1.807) is 12.1 Å². The maximum Gasteiger partial charge on any atom is 0.414 e. The number of carboxylic acid groups (broad SMARTS) is 1. The number of anilines is 1. The van der Waals surface area contributed by atoms with Crippen LogP contribution in [0.1, 0.15) is 40.2 Å². The summed E-state index contributed by atoms with van der Waals surface area (Å²) < 4.78 is 11.9. The highest BCUT2D eigenvalue weighted by molar-refractivity contribution is 5.98. The van der Waals surface area contributed by atoms with Gasteiger partial charge in [-0.15, -0.1) is 0 Å². The molecule has 6 rings (SSSR count). The van der Waals surface area contributed by atoms with Crippen LogP contribution in [0, 0.1) is 0 Å². The van der Waals surface area contributed by atoms with Gasteiger partial charge < -0.3 is 14.6 Å². The van der Waals surface area contributed by atoms with Gasteiger partial charge in [0, 0.05) is 5.92 Å². The van der Waals surface area contributed by atoms with Gasteiger partial charge in [-0.05, 0) is 47.2 Å². The number of hydrogen-bond acceptors (Lipinski definition) is 4. The van der Waals surface area contributed by atoms with Crippen LogP contribution in [0.2, 0.25) is 0 Å². The molecule has 6 heteroatoms. The normalized spacial score (nSPS) is 17.2. The molecule has 3 aromatic carbocycles. The number of aromatic carboxylic acids is 1. The lowest BCUT2D eigenvalue weighted by molar-refractivity contribution is 0.0684. The molecule has 160 valence electrons. The average Bonchev–Trinajstić information content (AvgIpc) is 3.48. The van der Waals surface area contributed by atoms with Gasteiger partial charge in [-0.1, -0.05) is 54.6 Å². The fourth-order valence-electron chi connectivity index (χ4n) is 4.87. The number of ether oxygens (including phenoxy) is 2. The highest BCUT2D eigenvalue weighted by Crippen LogP contribution is 2.50. The molecule has 0 radical (unpaired) electrons. The SMILES string of the molecule is O=C(O)c1cccc2c1OC1(CC1)CN2C(=O)OCC1c2ccccc2-c2ccccc21. The molecule has 32 heavy (non-hydrogen) atoms. The Morgan fingerprint density at radius 1 is 0.969 bits per heavy atom. The van der Waals surface area contributed by atoms with E-state index in [1.807, 2.05) is 24.3 Å². The third kappa shape index (κ3) is 2.87. The number of amides is 1. The second kappa shape index (κ2) is 6.85. The molecule has 1 amide bonds. The molecule has 0 saturated heterocycles. The van der Waals surface area contributed by atoms with Crippen LogP contribution in [0.25, 0.3) is 11.1 Å². The minimum Gasteiger partial charge on any atom is -0.482 e. The lowest BCUT2D eigenvalue weighted by atomic mass is 9.98. The highest BCUT2D eigenvalue weighted by atomic mass is 16.6. The Bertz CT molecular complexity index is 1220. The number of para-hydroxylation sites is 1. The number of fused-ring (bicyclic) bond motifs is 4. The first kappa shape index (κ1) is 18.9. The van der Waals surface area contributed by atoms with Crippen LogP contribution in [-0.4, -0.2) is 35.9 Å². The summed E-state index contributed by atoms with van der Waals surface area (Å²) in [7, 11) is 0.